The van der Waals surface area contributed by atoms with E-state index in [1.165, 1.54) is 49.9 Å². The number of nitrogens with one attached hydrogen (secondary N) is 2. The Morgan fingerprint density at radius 2 is 1.58 bits per heavy atom. The predicted octanol–water partition coefficient (Wildman–Crippen LogP) is 5.04. The van der Waals surface area contributed by atoms with E-state index in [1.54, 1.807) is 40.7 Å². The van der Waals surface area contributed by atoms with Gasteiger partial charge in [0.15, 0.2) is 0 Å². The number of amides is 1. The summed E-state index contributed by atoms with van der Waals surface area (Å²) in [5, 5.41) is 7.49. The lowest BCUT2D eigenvalue weighted by atomic mass is 9.53. The molecule has 1 aliphatic heterocycles. The molecule has 0 atom stereocenters. The number of halogens is 1. The molecule has 0 unspecified atom stereocenters. The molecule has 7 rings (SSSR count). The lowest BCUT2D eigenvalue weighted by molar-refractivity contribution is -0.0278. The molecule has 1 aromatic carbocycles. The lowest BCUT2D eigenvalue weighted by Gasteiger charge is -2.58. The number of benzene rings is 1. The largest absolute Gasteiger partial charge is 0.347 e. The molecule has 1 aromatic heterocycles. The van der Waals surface area contributed by atoms with E-state index in [2.05, 4.69) is 10.6 Å². The lowest BCUT2D eigenvalue weighted by Crippen LogP contribution is -2.62. The first kappa shape index (κ1) is 24.9. The van der Waals surface area contributed by atoms with Gasteiger partial charge in [0.05, 0.1) is 6.54 Å². The van der Waals surface area contributed by atoms with E-state index in [0.29, 0.717) is 46.0 Å². The van der Waals surface area contributed by atoms with Crippen molar-refractivity contribution in [2.24, 2.45) is 17.8 Å². The zero-order valence-corrected chi connectivity index (χ0v) is 22.8. The summed E-state index contributed by atoms with van der Waals surface area (Å²) < 4.78 is 28.6. The molecular weight excluding hydrogens is 514 g/mol. The molecule has 4 saturated carbocycles. The average molecular weight is 548 g/mol. The van der Waals surface area contributed by atoms with Crippen LogP contribution in [-0.4, -0.2) is 43.3 Å². The summed E-state index contributed by atoms with van der Waals surface area (Å²) in [5.74, 6) is 2.52. The molecule has 0 spiro atoms. The van der Waals surface area contributed by atoms with Gasteiger partial charge in [0, 0.05) is 40.1 Å². The molecule has 6 nitrogen and oxygen atoms in total. The maximum absolute atomic E-state index is 13.3. The Kier molecular flexibility index (Phi) is 6.70. The quantitative estimate of drug-likeness (QED) is 0.509. The molecule has 9 heteroatoms. The number of rotatable bonds is 7. The Morgan fingerprint density at radius 1 is 0.972 bits per heavy atom. The number of sulfonamides is 1. The number of hydrogen-bond donors (Lipinski definition) is 2. The van der Waals surface area contributed by atoms with Gasteiger partial charge >= 0.3 is 0 Å². The van der Waals surface area contributed by atoms with Crippen LogP contribution < -0.4 is 10.6 Å². The third-order valence-electron chi connectivity index (χ3n) is 8.76. The number of carbonyl (C=O) groups excluding carboxylic acids is 1. The van der Waals surface area contributed by atoms with Crippen LogP contribution in [-0.2, 0) is 16.6 Å². The molecule has 0 radical (unpaired) electrons. The molecule has 2 N–H and O–H groups in total. The highest BCUT2D eigenvalue weighted by molar-refractivity contribution is 7.91. The van der Waals surface area contributed by atoms with E-state index in [9.17, 15) is 13.2 Å². The van der Waals surface area contributed by atoms with Gasteiger partial charge in [-0.2, -0.15) is 4.31 Å². The third kappa shape index (κ3) is 4.99. The second kappa shape index (κ2) is 9.70. The second-order valence-electron chi connectivity index (χ2n) is 11.4. The Hall–Kier alpha value is -1.45. The highest BCUT2D eigenvalue weighted by Gasteiger charge is 2.51. The summed E-state index contributed by atoms with van der Waals surface area (Å²) in [5.41, 5.74) is 0.841. The van der Waals surface area contributed by atoms with Crippen LogP contribution in [0.2, 0.25) is 5.02 Å². The van der Waals surface area contributed by atoms with Crippen molar-refractivity contribution in [2.75, 3.05) is 13.1 Å². The zero-order valence-electron chi connectivity index (χ0n) is 20.4. The Labute approximate surface area is 222 Å². The zero-order chi connectivity index (χ0) is 24.9. The summed E-state index contributed by atoms with van der Waals surface area (Å²) in [6.45, 7) is 1.42. The molecule has 4 bridgehead atoms. The smallest absolute Gasteiger partial charge is 0.252 e. The number of nitrogens with zero attached hydrogens (tertiary/aromatic N) is 1. The molecule has 1 saturated heterocycles. The van der Waals surface area contributed by atoms with Gasteiger partial charge in [-0.1, -0.05) is 11.6 Å². The molecule has 194 valence electrons. The van der Waals surface area contributed by atoms with E-state index in [-0.39, 0.29) is 5.91 Å². The minimum absolute atomic E-state index is 0.210. The molecule has 5 fully saturated rings. The maximum atomic E-state index is 13.3. The highest BCUT2D eigenvalue weighted by atomic mass is 35.5. The Morgan fingerprint density at radius 3 is 2.19 bits per heavy atom. The molecule has 4 aliphatic carbocycles. The van der Waals surface area contributed by atoms with Crippen LogP contribution in [0.3, 0.4) is 0 Å². The first-order chi connectivity index (χ1) is 17.3. The molecular formula is C27H34ClN3O3S2. The van der Waals surface area contributed by atoms with Gasteiger partial charge in [0.1, 0.15) is 4.21 Å². The van der Waals surface area contributed by atoms with Crippen LogP contribution in [0.15, 0.2) is 40.6 Å². The summed E-state index contributed by atoms with van der Waals surface area (Å²) in [4.78, 5) is 13.2. The van der Waals surface area contributed by atoms with E-state index in [0.717, 1.165) is 35.5 Å². The standard InChI is InChI=1S/C27H34ClN3O3S2/c28-22-3-1-21(2-4-22)26(32)29-17-24-5-6-25(35-24)36(33,34)31-9-7-23(8-10-31)30-27-14-18-11-19(15-27)13-20(12-18)16-27/h1-6,18-20,23,30H,7-17H2,(H,29,32). The molecule has 5 aliphatic rings. The van der Waals surface area contributed by atoms with E-state index in [4.69, 9.17) is 11.6 Å². The van der Waals surface area contributed by atoms with Crippen LogP contribution in [0.4, 0.5) is 0 Å². The van der Waals surface area contributed by atoms with Crippen molar-refractivity contribution in [1.82, 2.24) is 14.9 Å². The van der Waals surface area contributed by atoms with Gasteiger partial charge < -0.3 is 10.6 Å². The number of hydrogen-bond acceptors (Lipinski definition) is 5. The van der Waals surface area contributed by atoms with Crippen molar-refractivity contribution in [3.05, 3.63) is 51.9 Å². The van der Waals surface area contributed by atoms with Gasteiger partial charge in [-0.25, -0.2) is 8.42 Å². The van der Waals surface area contributed by atoms with Crippen LogP contribution >= 0.6 is 22.9 Å². The molecule has 2 aromatic rings. The van der Waals surface area contributed by atoms with Crippen molar-refractivity contribution in [3.63, 3.8) is 0 Å². The van der Waals surface area contributed by atoms with E-state index < -0.39 is 10.0 Å². The fraction of sp³-hybridized carbons (Fsp3) is 0.593. The molecule has 1 amide bonds. The van der Waals surface area contributed by atoms with Gasteiger partial charge in [-0.15, -0.1) is 11.3 Å². The average Bonchev–Trinajstić information content (AvgIpc) is 3.32. The van der Waals surface area contributed by atoms with Crippen molar-refractivity contribution in [2.45, 2.75) is 73.7 Å². The van der Waals surface area contributed by atoms with Crippen LogP contribution in [0.25, 0.3) is 0 Å². The summed E-state index contributed by atoms with van der Waals surface area (Å²) >= 11 is 7.12. The van der Waals surface area contributed by atoms with Gasteiger partial charge in [0.2, 0.25) is 0 Å². The minimum Gasteiger partial charge on any atom is -0.347 e. The third-order valence-corrected chi connectivity index (χ3v) is 12.5. The summed E-state index contributed by atoms with van der Waals surface area (Å²) in [6, 6.07) is 10.6. The van der Waals surface area contributed by atoms with Gasteiger partial charge in [0.25, 0.3) is 15.9 Å². The van der Waals surface area contributed by atoms with Gasteiger partial charge in [-0.3, -0.25) is 4.79 Å². The fourth-order valence-corrected chi connectivity index (χ4v) is 10.6. The first-order valence-electron chi connectivity index (χ1n) is 13.2. The van der Waals surface area contributed by atoms with Crippen LogP contribution in [0.1, 0.15) is 66.6 Å². The Balaban J connectivity index is 1.03. The first-order valence-corrected chi connectivity index (χ1v) is 15.8. The number of thiophene rings is 1. The number of carbonyl (C=O) groups is 1. The second-order valence-corrected chi connectivity index (χ2v) is 15.2. The van der Waals surface area contributed by atoms with Gasteiger partial charge in [-0.05, 0) is 106 Å². The van der Waals surface area contributed by atoms with Crippen molar-refractivity contribution >= 4 is 38.9 Å². The van der Waals surface area contributed by atoms with E-state index >= 15 is 0 Å². The van der Waals surface area contributed by atoms with Crippen molar-refractivity contribution in [3.8, 4) is 0 Å². The molecule has 36 heavy (non-hydrogen) atoms. The van der Waals surface area contributed by atoms with Crippen LogP contribution in [0, 0.1) is 17.8 Å². The van der Waals surface area contributed by atoms with Crippen molar-refractivity contribution < 1.29 is 13.2 Å². The highest BCUT2D eigenvalue weighted by Crippen LogP contribution is 2.55. The summed E-state index contributed by atoms with van der Waals surface area (Å²) in [7, 11) is -3.52. The SMILES string of the molecule is O=C(NCc1ccc(S(=O)(=O)N2CCC(NC34CC5CC(CC(C5)C3)C4)CC2)s1)c1ccc(Cl)cc1. The van der Waals surface area contributed by atoms with Crippen molar-refractivity contribution in [1.29, 1.82) is 0 Å². The Bertz CT molecular complexity index is 1180. The maximum Gasteiger partial charge on any atom is 0.252 e. The van der Waals surface area contributed by atoms with E-state index in [1.807, 2.05) is 0 Å². The number of piperidine rings is 1. The topological polar surface area (TPSA) is 78.5 Å². The predicted molar refractivity (Wildman–Crippen MR) is 143 cm³/mol. The normalized spacial score (nSPS) is 30.5. The fourth-order valence-electron chi connectivity index (χ4n) is 7.55. The minimum atomic E-state index is -3.52. The van der Waals surface area contributed by atoms with Crippen LogP contribution in [0.5, 0.6) is 0 Å². The monoisotopic (exact) mass is 547 g/mol. The summed E-state index contributed by atoms with van der Waals surface area (Å²) in [6.07, 6.45) is 10.0. The molecule has 2 heterocycles.